The topological polar surface area (TPSA) is 62.3 Å². The van der Waals surface area contributed by atoms with Gasteiger partial charge in [0.2, 0.25) is 5.91 Å². The van der Waals surface area contributed by atoms with E-state index in [4.69, 9.17) is 11.6 Å². The van der Waals surface area contributed by atoms with E-state index in [0.717, 1.165) is 9.37 Å². The van der Waals surface area contributed by atoms with Crippen LogP contribution >= 0.6 is 27.5 Å². The van der Waals surface area contributed by atoms with Crippen LogP contribution in [-0.2, 0) is 9.59 Å². The maximum Gasteiger partial charge on any atom is 0.251 e. The Morgan fingerprint density at radius 1 is 1.59 bits per heavy atom. The lowest BCUT2D eigenvalue weighted by atomic mass is 10.2. The maximum atomic E-state index is 11.7. The lowest BCUT2D eigenvalue weighted by Gasteiger charge is -2.12. The van der Waals surface area contributed by atoms with E-state index < -0.39 is 6.04 Å². The summed E-state index contributed by atoms with van der Waals surface area (Å²) in [6.45, 7) is 0. The number of pyridine rings is 1. The van der Waals surface area contributed by atoms with Gasteiger partial charge in [-0.25, -0.2) is 4.98 Å². The molecule has 1 aromatic rings. The molecule has 1 aliphatic rings. The Morgan fingerprint density at radius 3 is 2.82 bits per heavy atom. The summed E-state index contributed by atoms with van der Waals surface area (Å²) >= 11 is 9.20. The number of likely N-dealkylation sites (N-methyl/N-ethyl adjacent to an activating group) is 1. The van der Waals surface area contributed by atoms with Gasteiger partial charge >= 0.3 is 0 Å². The number of nitrogens with one attached hydrogen (secondary N) is 1. The number of carbonyl (C=O) groups is 2. The summed E-state index contributed by atoms with van der Waals surface area (Å²) in [7, 11) is 1.46. The van der Waals surface area contributed by atoms with Gasteiger partial charge in [0.05, 0.1) is 11.4 Å². The smallest absolute Gasteiger partial charge is 0.251 e. The molecular formula is C10H9BrClN3O2. The number of likely N-dealkylation sites (tertiary alicyclic amines) is 1. The minimum absolute atomic E-state index is 0.128. The minimum atomic E-state index is -0.585. The van der Waals surface area contributed by atoms with Gasteiger partial charge in [0.15, 0.2) is 0 Å². The molecule has 2 heterocycles. The van der Waals surface area contributed by atoms with Crippen molar-refractivity contribution in [2.75, 3.05) is 12.4 Å². The van der Waals surface area contributed by atoms with Crippen molar-refractivity contribution in [3.63, 3.8) is 0 Å². The fraction of sp³-hybridized carbons (Fsp3) is 0.300. The first-order valence-corrected chi connectivity index (χ1v) is 6.04. The number of nitrogens with zero attached hydrogens (tertiary/aromatic N) is 2. The van der Waals surface area contributed by atoms with Crippen molar-refractivity contribution in [3.05, 3.63) is 21.8 Å². The molecule has 7 heteroatoms. The molecule has 1 saturated heterocycles. The quantitative estimate of drug-likeness (QED) is 0.843. The zero-order valence-electron chi connectivity index (χ0n) is 8.91. The average Bonchev–Trinajstić information content (AvgIpc) is 2.50. The summed E-state index contributed by atoms with van der Waals surface area (Å²) in [6.07, 6.45) is 1.70. The standard InChI is InChI=1S/C10H9BrClN3O2/c1-15-8(16)3-7(10(15)17)14-9-6(12)2-5(11)4-13-9/h2,4,7H,3H2,1H3,(H,13,14). The van der Waals surface area contributed by atoms with Crippen LogP contribution in [-0.4, -0.2) is 34.8 Å². The average molecular weight is 319 g/mol. The summed E-state index contributed by atoms with van der Waals surface area (Å²) in [5, 5.41) is 3.27. The second kappa shape index (κ2) is 4.62. The van der Waals surface area contributed by atoms with Gasteiger partial charge in [0, 0.05) is 17.7 Å². The van der Waals surface area contributed by atoms with Crippen LogP contribution in [0.1, 0.15) is 6.42 Å². The Morgan fingerprint density at radius 2 is 2.29 bits per heavy atom. The van der Waals surface area contributed by atoms with Crippen LogP contribution in [0.25, 0.3) is 0 Å². The molecule has 1 aliphatic heterocycles. The highest BCUT2D eigenvalue weighted by Gasteiger charge is 2.36. The fourth-order valence-corrected chi connectivity index (χ4v) is 2.24. The molecule has 0 aromatic carbocycles. The van der Waals surface area contributed by atoms with E-state index in [9.17, 15) is 9.59 Å². The third-order valence-electron chi connectivity index (χ3n) is 2.50. The van der Waals surface area contributed by atoms with E-state index in [0.29, 0.717) is 10.8 Å². The molecule has 2 rings (SSSR count). The summed E-state index contributed by atoms with van der Waals surface area (Å²) in [4.78, 5) is 28.1. The molecule has 0 radical (unpaired) electrons. The number of carbonyl (C=O) groups excluding carboxylic acids is 2. The first-order chi connectivity index (χ1) is 7.99. The van der Waals surface area contributed by atoms with Crippen molar-refractivity contribution in [1.29, 1.82) is 0 Å². The van der Waals surface area contributed by atoms with Gasteiger partial charge in [0.1, 0.15) is 11.9 Å². The third kappa shape index (κ3) is 2.42. The lowest BCUT2D eigenvalue weighted by molar-refractivity contribution is -0.136. The molecule has 90 valence electrons. The molecule has 0 saturated carbocycles. The van der Waals surface area contributed by atoms with E-state index in [1.807, 2.05) is 0 Å². The Kier molecular flexibility index (Phi) is 3.35. The van der Waals surface area contributed by atoms with E-state index in [1.54, 1.807) is 12.3 Å². The number of amides is 2. The molecule has 5 nitrogen and oxygen atoms in total. The zero-order chi connectivity index (χ0) is 12.6. The van der Waals surface area contributed by atoms with Crippen LogP contribution < -0.4 is 5.32 Å². The van der Waals surface area contributed by atoms with Gasteiger partial charge < -0.3 is 5.32 Å². The van der Waals surface area contributed by atoms with Crippen LogP contribution in [0, 0.1) is 0 Å². The number of halogens is 2. The first-order valence-electron chi connectivity index (χ1n) is 4.87. The minimum Gasteiger partial charge on any atom is -0.357 e. The van der Waals surface area contributed by atoms with E-state index >= 15 is 0 Å². The Bertz CT molecular complexity index is 494. The second-order valence-electron chi connectivity index (χ2n) is 3.68. The molecule has 17 heavy (non-hydrogen) atoms. The number of anilines is 1. The van der Waals surface area contributed by atoms with E-state index in [2.05, 4.69) is 26.2 Å². The fourth-order valence-electron chi connectivity index (χ4n) is 1.55. The summed E-state index contributed by atoms with van der Waals surface area (Å²) in [5.41, 5.74) is 0. The Hall–Kier alpha value is -1.14. The van der Waals surface area contributed by atoms with Crippen molar-refractivity contribution < 1.29 is 9.59 Å². The van der Waals surface area contributed by atoms with E-state index in [-0.39, 0.29) is 18.2 Å². The van der Waals surface area contributed by atoms with Gasteiger partial charge in [-0.15, -0.1) is 0 Å². The molecule has 0 bridgehead atoms. The molecule has 0 aliphatic carbocycles. The van der Waals surface area contributed by atoms with Crippen molar-refractivity contribution in [2.24, 2.45) is 0 Å². The van der Waals surface area contributed by atoms with Gasteiger partial charge in [0.25, 0.3) is 5.91 Å². The highest BCUT2D eigenvalue weighted by Crippen LogP contribution is 2.25. The number of aromatic nitrogens is 1. The zero-order valence-corrected chi connectivity index (χ0v) is 11.2. The SMILES string of the molecule is CN1C(=O)CC(Nc2ncc(Br)cc2Cl)C1=O. The summed E-state index contributed by atoms with van der Waals surface area (Å²) in [5.74, 6) is -0.0761. The molecule has 1 N–H and O–H groups in total. The number of hydrogen-bond donors (Lipinski definition) is 1. The monoisotopic (exact) mass is 317 g/mol. The largest absolute Gasteiger partial charge is 0.357 e. The molecule has 0 spiro atoms. The van der Waals surface area contributed by atoms with Gasteiger partial charge in [-0.3, -0.25) is 14.5 Å². The van der Waals surface area contributed by atoms with Gasteiger partial charge in [-0.2, -0.15) is 0 Å². The summed E-state index contributed by atoms with van der Waals surface area (Å²) < 4.78 is 0.749. The second-order valence-corrected chi connectivity index (χ2v) is 5.00. The van der Waals surface area contributed by atoms with E-state index in [1.165, 1.54) is 7.05 Å². The highest BCUT2D eigenvalue weighted by atomic mass is 79.9. The number of imide groups is 1. The predicted molar refractivity (Wildman–Crippen MR) is 66.8 cm³/mol. The third-order valence-corrected chi connectivity index (χ3v) is 3.22. The first kappa shape index (κ1) is 12.3. The normalized spacial score (nSPS) is 19.9. The van der Waals surface area contributed by atoms with Gasteiger partial charge in [-0.1, -0.05) is 11.6 Å². The van der Waals surface area contributed by atoms with Crippen LogP contribution in [0.4, 0.5) is 5.82 Å². The molecule has 1 atom stereocenters. The molecule has 1 unspecified atom stereocenters. The van der Waals surface area contributed by atoms with Crippen LogP contribution in [0.3, 0.4) is 0 Å². The summed E-state index contributed by atoms with van der Waals surface area (Å²) in [6, 6.07) is 1.08. The highest BCUT2D eigenvalue weighted by molar-refractivity contribution is 9.10. The van der Waals surface area contributed by atoms with Crippen molar-refractivity contribution >= 4 is 45.2 Å². The van der Waals surface area contributed by atoms with Crippen LogP contribution in [0.15, 0.2) is 16.7 Å². The van der Waals surface area contributed by atoms with Crippen molar-refractivity contribution in [1.82, 2.24) is 9.88 Å². The van der Waals surface area contributed by atoms with Gasteiger partial charge in [-0.05, 0) is 22.0 Å². The molecule has 1 aromatic heterocycles. The molecular weight excluding hydrogens is 309 g/mol. The number of hydrogen-bond acceptors (Lipinski definition) is 4. The number of rotatable bonds is 2. The molecule has 1 fully saturated rings. The van der Waals surface area contributed by atoms with Crippen molar-refractivity contribution in [3.8, 4) is 0 Å². The lowest BCUT2D eigenvalue weighted by Crippen LogP contribution is -2.32. The Balaban J connectivity index is 2.17. The maximum absolute atomic E-state index is 11.7. The van der Waals surface area contributed by atoms with Crippen LogP contribution in [0.5, 0.6) is 0 Å². The van der Waals surface area contributed by atoms with Crippen LogP contribution in [0.2, 0.25) is 5.02 Å². The predicted octanol–water partition coefficient (Wildman–Crippen LogP) is 1.67. The Labute approximate surface area is 111 Å². The van der Waals surface area contributed by atoms with Crippen molar-refractivity contribution in [2.45, 2.75) is 12.5 Å². The molecule has 2 amide bonds.